The van der Waals surface area contributed by atoms with Gasteiger partial charge >= 0.3 is 0 Å². The first kappa shape index (κ1) is 24.0. The number of nitrogens with one attached hydrogen (secondary N) is 2. The summed E-state index contributed by atoms with van der Waals surface area (Å²) in [6, 6.07) is 14.0. The normalized spacial score (nSPS) is 10.8. The molecule has 2 aromatic carbocycles. The standard InChI is InChI=1S/C21H29N3O3.HI/c1-5-22-21(23-14-16-7-9-17(10-8-16)15-25-3)24-18-11-12-19(27-6-2)20(13-18)26-4;/h7-13H,5-6,14-15H2,1-4H3,(H2,22,23,24);1H. The minimum atomic E-state index is 0. The van der Waals surface area contributed by atoms with Crippen molar-refractivity contribution in [3.8, 4) is 11.5 Å². The van der Waals surface area contributed by atoms with Gasteiger partial charge in [0.2, 0.25) is 0 Å². The van der Waals surface area contributed by atoms with Crippen LogP contribution in [-0.4, -0.2) is 33.3 Å². The average molecular weight is 499 g/mol. The Labute approximate surface area is 184 Å². The number of ether oxygens (including phenoxy) is 3. The lowest BCUT2D eigenvalue weighted by Crippen LogP contribution is -2.30. The van der Waals surface area contributed by atoms with Crippen molar-refractivity contribution in [2.75, 3.05) is 32.7 Å². The van der Waals surface area contributed by atoms with Gasteiger partial charge in [0, 0.05) is 25.4 Å². The number of methoxy groups -OCH3 is 2. The highest BCUT2D eigenvalue weighted by molar-refractivity contribution is 14.0. The molecule has 7 heteroatoms. The second-order valence-corrected chi connectivity index (χ2v) is 5.87. The van der Waals surface area contributed by atoms with Crippen LogP contribution in [0.4, 0.5) is 5.69 Å². The molecule has 6 nitrogen and oxygen atoms in total. The summed E-state index contributed by atoms with van der Waals surface area (Å²) < 4.78 is 16.1. The van der Waals surface area contributed by atoms with Gasteiger partial charge in [-0.15, -0.1) is 24.0 Å². The van der Waals surface area contributed by atoms with E-state index in [2.05, 4.69) is 39.9 Å². The zero-order valence-corrected chi connectivity index (χ0v) is 19.3. The Morgan fingerprint density at radius 3 is 2.29 bits per heavy atom. The zero-order chi connectivity index (χ0) is 19.5. The van der Waals surface area contributed by atoms with Gasteiger partial charge in [-0.25, -0.2) is 4.99 Å². The Bertz CT molecular complexity index is 736. The molecule has 0 aromatic heterocycles. The van der Waals surface area contributed by atoms with Gasteiger partial charge in [0.15, 0.2) is 17.5 Å². The number of guanidine groups is 1. The fraction of sp³-hybridized carbons (Fsp3) is 0.381. The van der Waals surface area contributed by atoms with Gasteiger partial charge in [0.05, 0.1) is 26.9 Å². The van der Waals surface area contributed by atoms with E-state index in [1.54, 1.807) is 14.2 Å². The van der Waals surface area contributed by atoms with Gasteiger partial charge in [0.25, 0.3) is 0 Å². The van der Waals surface area contributed by atoms with Gasteiger partial charge in [-0.2, -0.15) is 0 Å². The number of aliphatic imine (C=N–C) groups is 1. The molecule has 2 rings (SSSR count). The zero-order valence-electron chi connectivity index (χ0n) is 17.0. The van der Waals surface area contributed by atoms with E-state index in [0.717, 1.165) is 29.1 Å². The molecule has 0 aliphatic rings. The number of nitrogens with zero attached hydrogens (tertiary/aromatic N) is 1. The largest absolute Gasteiger partial charge is 0.493 e. The summed E-state index contributed by atoms with van der Waals surface area (Å²) in [5.41, 5.74) is 3.17. The summed E-state index contributed by atoms with van der Waals surface area (Å²) in [5, 5.41) is 6.57. The number of anilines is 1. The summed E-state index contributed by atoms with van der Waals surface area (Å²) in [6.45, 7) is 6.55. The molecule has 2 N–H and O–H groups in total. The van der Waals surface area contributed by atoms with Crippen LogP contribution in [0, 0.1) is 0 Å². The molecule has 0 unspecified atom stereocenters. The summed E-state index contributed by atoms with van der Waals surface area (Å²) >= 11 is 0. The SMILES string of the molecule is CCNC(=NCc1ccc(COC)cc1)Nc1ccc(OCC)c(OC)c1.I. The maximum absolute atomic E-state index is 5.56. The third-order valence-electron chi connectivity index (χ3n) is 3.82. The number of halogens is 1. The minimum absolute atomic E-state index is 0. The van der Waals surface area contributed by atoms with E-state index in [9.17, 15) is 0 Å². The van der Waals surface area contributed by atoms with E-state index >= 15 is 0 Å². The molecule has 0 atom stereocenters. The second-order valence-electron chi connectivity index (χ2n) is 5.87. The van der Waals surface area contributed by atoms with Crippen LogP contribution in [0.15, 0.2) is 47.5 Å². The average Bonchev–Trinajstić information content (AvgIpc) is 2.69. The van der Waals surface area contributed by atoms with Crippen LogP contribution in [0.2, 0.25) is 0 Å². The van der Waals surface area contributed by atoms with Crippen LogP contribution in [0.5, 0.6) is 11.5 Å². The smallest absolute Gasteiger partial charge is 0.196 e. The molecule has 154 valence electrons. The van der Waals surface area contributed by atoms with E-state index in [0.29, 0.717) is 31.5 Å². The summed E-state index contributed by atoms with van der Waals surface area (Å²) in [7, 11) is 3.33. The summed E-state index contributed by atoms with van der Waals surface area (Å²) in [4.78, 5) is 4.66. The first-order valence-electron chi connectivity index (χ1n) is 9.13. The van der Waals surface area contributed by atoms with Crippen molar-refractivity contribution in [1.82, 2.24) is 5.32 Å². The van der Waals surface area contributed by atoms with Crippen molar-refractivity contribution in [2.24, 2.45) is 4.99 Å². The molecule has 0 bridgehead atoms. The summed E-state index contributed by atoms with van der Waals surface area (Å²) in [5.74, 6) is 2.12. The quantitative estimate of drug-likeness (QED) is 0.304. The lowest BCUT2D eigenvalue weighted by Gasteiger charge is -2.14. The molecule has 28 heavy (non-hydrogen) atoms. The molecule has 2 aromatic rings. The highest BCUT2D eigenvalue weighted by Crippen LogP contribution is 2.30. The van der Waals surface area contributed by atoms with Crippen LogP contribution >= 0.6 is 24.0 Å². The van der Waals surface area contributed by atoms with E-state index in [4.69, 9.17) is 14.2 Å². The molecule has 0 aliphatic carbocycles. The van der Waals surface area contributed by atoms with Crippen molar-refractivity contribution in [2.45, 2.75) is 27.0 Å². The fourth-order valence-corrected chi connectivity index (χ4v) is 2.54. The Morgan fingerprint density at radius 1 is 0.964 bits per heavy atom. The van der Waals surface area contributed by atoms with Gasteiger partial charge < -0.3 is 24.8 Å². The molecule has 0 spiro atoms. The Balaban J connectivity index is 0.00000392. The number of hydrogen-bond acceptors (Lipinski definition) is 4. The van der Waals surface area contributed by atoms with Gasteiger partial charge in [0.1, 0.15) is 0 Å². The Kier molecular flexibility index (Phi) is 11.4. The first-order valence-corrected chi connectivity index (χ1v) is 9.13. The Morgan fingerprint density at radius 2 is 1.68 bits per heavy atom. The molecule has 0 saturated carbocycles. The van der Waals surface area contributed by atoms with Crippen molar-refractivity contribution < 1.29 is 14.2 Å². The molecule has 0 amide bonds. The third kappa shape index (κ3) is 7.55. The van der Waals surface area contributed by atoms with E-state index in [-0.39, 0.29) is 24.0 Å². The molecule has 0 aliphatic heterocycles. The monoisotopic (exact) mass is 499 g/mol. The number of hydrogen-bond donors (Lipinski definition) is 2. The molecule has 0 radical (unpaired) electrons. The van der Waals surface area contributed by atoms with Crippen molar-refractivity contribution >= 4 is 35.6 Å². The minimum Gasteiger partial charge on any atom is -0.493 e. The van der Waals surface area contributed by atoms with Crippen LogP contribution in [0.1, 0.15) is 25.0 Å². The third-order valence-corrected chi connectivity index (χ3v) is 3.82. The predicted octanol–water partition coefficient (Wildman–Crippen LogP) is 4.44. The number of rotatable bonds is 9. The lowest BCUT2D eigenvalue weighted by atomic mass is 10.1. The summed E-state index contributed by atoms with van der Waals surface area (Å²) in [6.07, 6.45) is 0. The van der Waals surface area contributed by atoms with Gasteiger partial charge in [-0.1, -0.05) is 24.3 Å². The predicted molar refractivity (Wildman–Crippen MR) is 125 cm³/mol. The second kappa shape index (κ2) is 13.2. The molecule has 0 heterocycles. The Hall–Kier alpha value is -2.00. The first-order chi connectivity index (χ1) is 13.2. The topological polar surface area (TPSA) is 64.1 Å². The highest BCUT2D eigenvalue weighted by atomic mass is 127. The van der Waals surface area contributed by atoms with Crippen molar-refractivity contribution in [3.05, 3.63) is 53.6 Å². The van der Waals surface area contributed by atoms with Crippen molar-refractivity contribution in [3.63, 3.8) is 0 Å². The molecule has 0 saturated heterocycles. The molecular weight excluding hydrogens is 469 g/mol. The maximum Gasteiger partial charge on any atom is 0.196 e. The van der Waals surface area contributed by atoms with Crippen LogP contribution in [0.3, 0.4) is 0 Å². The molecule has 0 fully saturated rings. The van der Waals surface area contributed by atoms with E-state index in [1.165, 1.54) is 0 Å². The van der Waals surface area contributed by atoms with Crippen molar-refractivity contribution in [1.29, 1.82) is 0 Å². The van der Waals surface area contributed by atoms with Gasteiger partial charge in [-0.3, -0.25) is 0 Å². The van der Waals surface area contributed by atoms with Crippen LogP contribution in [0.25, 0.3) is 0 Å². The van der Waals surface area contributed by atoms with Crippen LogP contribution < -0.4 is 20.1 Å². The maximum atomic E-state index is 5.56. The molecular formula is C21H30IN3O3. The van der Waals surface area contributed by atoms with E-state index in [1.807, 2.05) is 32.0 Å². The van der Waals surface area contributed by atoms with Gasteiger partial charge in [-0.05, 0) is 37.1 Å². The highest BCUT2D eigenvalue weighted by Gasteiger charge is 2.07. The fourth-order valence-electron chi connectivity index (χ4n) is 2.54. The van der Waals surface area contributed by atoms with E-state index < -0.39 is 0 Å². The number of benzene rings is 2. The van der Waals surface area contributed by atoms with Crippen LogP contribution in [-0.2, 0) is 17.9 Å². The lowest BCUT2D eigenvalue weighted by molar-refractivity contribution is 0.185.